The van der Waals surface area contributed by atoms with Gasteiger partial charge >= 0.3 is 0 Å². The monoisotopic (exact) mass is 349 g/mol. The van der Waals surface area contributed by atoms with Crippen LogP contribution in [-0.4, -0.2) is 22.1 Å². The average molecular weight is 350 g/mol. The Hall–Kier alpha value is -1.63. The molecule has 0 saturated heterocycles. The summed E-state index contributed by atoms with van der Waals surface area (Å²) in [7, 11) is 0. The van der Waals surface area contributed by atoms with Gasteiger partial charge in [0.05, 0.1) is 26.7 Å². The molecule has 0 fully saturated rings. The molecule has 3 heterocycles. The van der Waals surface area contributed by atoms with Gasteiger partial charge in [0, 0.05) is 6.04 Å². The molecular formula is C15H12ClN3OS2. The van der Waals surface area contributed by atoms with Crippen molar-refractivity contribution in [2.75, 3.05) is 0 Å². The second kappa shape index (κ2) is 5.53. The van der Waals surface area contributed by atoms with Gasteiger partial charge < -0.3 is 5.32 Å². The highest BCUT2D eigenvalue weighted by molar-refractivity contribution is 7.19. The van der Waals surface area contributed by atoms with Crippen molar-refractivity contribution >= 4 is 40.2 Å². The third-order valence-corrected chi connectivity index (χ3v) is 5.89. The summed E-state index contributed by atoms with van der Waals surface area (Å²) < 4.78 is 0.691. The molecule has 4 nitrogen and oxygen atoms in total. The van der Waals surface area contributed by atoms with E-state index < -0.39 is 0 Å². The minimum atomic E-state index is -0.0906. The molecule has 4 rings (SSSR count). The molecule has 7 heteroatoms. The van der Waals surface area contributed by atoms with Gasteiger partial charge in [-0.15, -0.1) is 11.3 Å². The van der Waals surface area contributed by atoms with Gasteiger partial charge in [-0.2, -0.15) is 16.4 Å². The molecule has 0 aliphatic heterocycles. The first-order chi connectivity index (χ1) is 10.7. The summed E-state index contributed by atoms with van der Waals surface area (Å²) >= 11 is 9.12. The molecule has 3 aromatic heterocycles. The lowest BCUT2D eigenvalue weighted by Crippen LogP contribution is -2.35. The van der Waals surface area contributed by atoms with E-state index in [1.807, 2.05) is 12.1 Å². The standard InChI is InChI=1S/C15H12ClN3OS2/c16-13-2-1-12(22-13)14-11(5-17-19-14)15(20)18-10-3-8-6-21-7-9(8)4-10/h1-2,5-7,10H,3-4H2,(H,17,19)(H,18,20). The molecule has 0 atom stereocenters. The van der Waals surface area contributed by atoms with E-state index in [0.29, 0.717) is 9.90 Å². The summed E-state index contributed by atoms with van der Waals surface area (Å²) in [4.78, 5) is 13.5. The second-order valence-corrected chi connectivity index (χ2v) is 7.72. The van der Waals surface area contributed by atoms with Crippen molar-refractivity contribution in [3.63, 3.8) is 0 Å². The van der Waals surface area contributed by atoms with Crippen LogP contribution in [-0.2, 0) is 12.8 Å². The normalized spacial score (nSPS) is 14.2. The van der Waals surface area contributed by atoms with E-state index in [2.05, 4.69) is 26.3 Å². The first kappa shape index (κ1) is 14.0. The highest BCUT2D eigenvalue weighted by Crippen LogP contribution is 2.32. The van der Waals surface area contributed by atoms with E-state index in [0.717, 1.165) is 23.4 Å². The molecule has 3 aromatic rings. The maximum atomic E-state index is 12.5. The third-order valence-electron chi connectivity index (χ3n) is 3.80. The van der Waals surface area contributed by atoms with Crippen LogP contribution in [0.25, 0.3) is 10.6 Å². The van der Waals surface area contributed by atoms with Crippen LogP contribution in [0.4, 0.5) is 0 Å². The number of aromatic nitrogens is 2. The van der Waals surface area contributed by atoms with E-state index >= 15 is 0 Å². The van der Waals surface area contributed by atoms with Crippen molar-refractivity contribution < 1.29 is 4.79 Å². The fraction of sp³-hybridized carbons (Fsp3) is 0.200. The second-order valence-electron chi connectivity index (χ2n) is 5.26. The third kappa shape index (κ3) is 2.47. The number of carbonyl (C=O) groups excluding carboxylic acids is 1. The number of aromatic amines is 1. The molecule has 0 saturated carbocycles. The summed E-state index contributed by atoms with van der Waals surface area (Å²) in [6, 6.07) is 3.88. The Morgan fingerprint density at radius 2 is 2.09 bits per heavy atom. The number of fused-ring (bicyclic) bond motifs is 1. The fourth-order valence-electron chi connectivity index (χ4n) is 2.77. The largest absolute Gasteiger partial charge is 0.349 e. The van der Waals surface area contributed by atoms with Gasteiger partial charge in [0.25, 0.3) is 5.91 Å². The van der Waals surface area contributed by atoms with Crippen molar-refractivity contribution in [3.8, 4) is 10.6 Å². The molecular weight excluding hydrogens is 338 g/mol. The molecule has 1 aliphatic rings. The predicted octanol–water partition coefficient (Wildman–Crippen LogP) is 3.75. The highest BCUT2D eigenvalue weighted by atomic mass is 35.5. The van der Waals surface area contributed by atoms with Crippen LogP contribution in [0, 0.1) is 0 Å². The van der Waals surface area contributed by atoms with Gasteiger partial charge in [0.1, 0.15) is 0 Å². The number of nitrogens with zero attached hydrogens (tertiary/aromatic N) is 1. The zero-order valence-electron chi connectivity index (χ0n) is 11.4. The van der Waals surface area contributed by atoms with Crippen LogP contribution in [0.15, 0.2) is 29.1 Å². The smallest absolute Gasteiger partial charge is 0.255 e. The first-order valence-electron chi connectivity index (χ1n) is 6.84. The molecule has 2 N–H and O–H groups in total. The minimum absolute atomic E-state index is 0.0906. The number of rotatable bonds is 3. The van der Waals surface area contributed by atoms with Crippen molar-refractivity contribution in [1.29, 1.82) is 0 Å². The van der Waals surface area contributed by atoms with Crippen molar-refractivity contribution in [2.45, 2.75) is 18.9 Å². The summed E-state index contributed by atoms with van der Waals surface area (Å²) in [5.41, 5.74) is 4.00. The lowest BCUT2D eigenvalue weighted by molar-refractivity contribution is 0.0939. The number of amides is 1. The number of hydrogen-bond donors (Lipinski definition) is 2. The molecule has 1 aliphatic carbocycles. The molecule has 0 bridgehead atoms. The molecule has 112 valence electrons. The number of H-pyrrole nitrogens is 1. The van der Waals surface area contributed by atoms with Crippen LogP contribution in [0.5, 0.6) is 0 Å². The van der Waals surface area contributed by atoms with Crippen LogP contribution >= 0.6 is 34.3 Å². The molecule has 0 unspecified atom stereocenters. The van der Waals surface area contributed by atoms with Gasteiger partial charge in [-0.25, -0.2) is 0 Å². The lowest BCUT2D eigenvalue weighted by Gasteiger charge is -2.12. The van der Waals surface area contributed by atoms with Crippen LogP contribution in [0.3, 0.4) is 0 Å². The highest BCUT2D eigenvalue weighted by Gasteiger charge is 2.25. The molecule has 0 radical (unpaired) electrons. The maximum Gasteiger partial charge on any atom is 0.255 e. The Labute approximate surface area is 140 Å². The zero-order chi connectivity index (χ0) is 15.1. The van der Waals surface area contributed by atoms with Crippen LogP contribution < -0.4 is 5.32 Å². The molecule has 0 spiro atoms. The zero-order valence-corrected chi connectivity index (χ0v) is 13.8. The first-order valence-corrected chi connectivity index (χ1v) is 8.98. The van der Waals surface area contributed by atoms with E-state index in [1.54, 1.807) is 17.5 Å². The summed E-state index contributed by atoms with van der Waals surface area (Å²) in [5.74, 6) is -0.0906. The van der Waals surface area contributed by atoms with Gasteiger partial charge in [-0.05, 0) is 46.9 Å². The summed E-state index contributed by atoms with van der Waals surface area (Å²) in [5, 5.41) is 14.3. The van der Waals surface area contributed by atoms with Gasteiger partial charge in [0.2, 0.25) is 0 Å². The van der Waals surface area contributed by atoms with E-state index in [9.17, 15) is 4.79 Å². The number of hydrogen-bond acceptors (Lipinski definition) is 4. The Morgan fingerprint density at radius 1 is 1.32 bits per heavy atom. The molecule has 0 aromatic carbocycles. The van der Waals surface area contributed by atoms with E-state index in [-0.39, 0.29) is 11.9 Å². The van der Waals surface area contributed by atoms with Gasteiger partial charge in [-0.1, -0.05) is 11.6 Å². The van der Waals surface area contributed by atoms with Gasteiger partial charge in [-0.3, -0.25) is 9.89 Å². The number of nitrogens with one attached hydrogen (secondary N) is 2. The number of halogens is 1. The Morgan fingerprint density at radius 3 is 2.77 bits per heavy atom. The Balaban J connectivity index is 1.52. The Bertz CT molecular complexity index is 815. The SMILES string of the molecule is O=C(NC1Cc2cscc2C1)c1cn[nH]c1-c1ccc(Cl)s1. The van der Waals surface area contributed by atoms with E-state index in [1.165, 1.54) is 22.5 Å². The fourth-order valence-corrected chi connectivity index (χ4v) is 4.72. The lowest BCUT2D eigenvalue weighted by atomic mass is 10.1. The van der Waals surface area contributed by atoms with Crippen molar-refractivity contribution in [3.05, 3.63) is 50.1 Å². The minimum Gasteiger partial charge on any atom is -0.349 e. The summed E-state index contributed by atoms with van der Waals surface area (Å²) in [6.45, 7) is 0. The quantitative estimate of drug-likeness (QED) is 0.756. The predicted molar refractivity (Wildman–Crippen MR) is 89.9 cm³/mol. The number of carbonyl (C=O) groups is 1. The van der Waals surface area contributed by atoms with Crippen LogP contribution in [0.2, 0.25) is 4.34 Å². The maximum absolute atomic E-state index is 12.5. The van der Waals surface area contributed by atoms with Crippen LogP contribution in [0.1, 0.15) is 21.5 Å². The van der Waals surface area contributed by atoms with Gasteiger partial charge in [0.15, 0.2) is 0 Å². The Kier molecular flexibility index (Phi) is 3.52. The average Bonchev–Trinajstić information content (AvgIpc) is 3.19. The molecule has 1 amide bonds. The van der Waals surface area contributed by atoms with E-state index in [4.69, 9.17) is 11.6 Å². The van der Waals surface area contributed by atoms with Crippen molar-refractivity contribution in [1.82, 2.24) is 15.5 Å². The summed E-state index contributed by atoms with van der Waals surface area (Å²) in [6.07, 6.45) is 3.38. The number of thiophene rings is 2. The van der Waals surface area contributed by atoms with Crippen molar-refractivity contribution in [2.24, 2.45) is 0 Å². The topological polar surface area (TPSA) is 57.8 Å². The molecule has 22 heavy (non-hydrogen) atoms.